The third-order valence-electron chi connectivity index (χ3n) is 1.45. The first kappa shape index (κ1) is 9.99. The van der Waals surface area contributed by atoms with Crippen molar-refractivity contribution in [1.29, 1.82) is 0 Å². The molecule has 0 N–H and O–H groups in total. The van der Waals surface area contributed by atoms with Gasteiger partial charge in [-0.15, -0.1) is 0 Å². The van der Waals surface area contributed by atoms with Crippen molar-refractivity contribution in [3.8, 4) is 5.75 Å². The van der Waals surface area contributed by atoms with Crippen LogP contribution in [0.5, 0.6) is 5.75 Å². The molecule has 1 rings (SSSR count). The molecule has 4 heteroatoms. The molecule has 70 valence electrons. The maximum atomic E-state index is 12.4. The van der Waals surface area contributed by atoms with Gasteiger partial charge in [0.05, 0.1) is 0 Å². The van der Waals surface area contributed by atoms with E-state index >= 15 is 0 Å². The highest BCUT2D eigenvalue weighted by molar-refractivity contribution is 6.64. The Morgan fingerprint density at radius 3 is 2.46 bits per heavy atom. The van der Waals surface area contributed by atoms with Gasteiger partial charge in [-0.2, -0.15) is 0 Å². The third-order valence-corrected chi connectivity index (χ3v) is 1.75. The standard InChI is InChI=1S/C9H8ClFO2/c1-6(9(10)12)13-8-4-2-7(11)3-5-8/h2-6H,1H3/t6-/m1/s1. The molecule has 0 aliphatic carbocycles. The smallest absolute Gasteiger partial charge is 0.262 e. The van der Waals surface area contributed by atoms with Gasteiger partial charge in [-0.3, -0.25) is 4.79 Å². The van der Waals surface area contributed by atoms with E-state index in [1.165, 1.54) is 31.2 Å². The summed E-state index contributed by atoms with van der Waals surface area (Å²) in [5, 5.41) is -0.579. The molecule has 0 fully saturated rings. The second-order valence-electron chi connectivity index (χ2n) is 2.52. The van der Waals surface area contributed by atoms with E-state index in [9.17, 15) is 9.18 Å². The van der Waals surface area contributed by atoms with Gasteiger partial charge < -0.3 is 4.74 Å². The molecule has 0 saturated carbocycles. The van der Waals surface area contributed by atoms with E-state index in [0.29, 0.717) is 5.75 Å². The summed E-state index contributed by atoms with van der Waals surface area (Å²) in [5.74, 6) is 0.0695. The van der Waals surface area contributed by atoms with Gasteiger partial charge in [0.15, 0.2) is 6.10 Å². The Morgan fingerprint density at radius 1 is 1.46 bits per heavy atom. The SMILES string of the molecule is C[C@@H](Oc1ccc(F)cc1)C(=O)Cl. The first-order valence-electron chi connectivity index (χ1n) is 3.71. The Balaban J connectivity index is 2.64. The maximum absolute atomic E-state index is 12.4. The minimum atomic E-state index is -0.716. The summed E-state index contributed by atoms with van der Waals surface area (Å²) in [6, 6.07) is 5.37. The van der Waals surface area contributed by atoms with Crippen LogP contribution in [0.15, 0.2) is 24.3 Å². The Labute approximate surface area is 80.3 Å². The zero-order valence-corrected chi connectivity index (χ0v) is 7.72. The van der Waals surface area contributed by atoms with Crippen LogP contribution >= 0.6 is 11.6 Å². The van der Waals surface area contributed by atoms with Crippen molar-refractivity contribution >= 4 is 16.8 Å². The van der Waals surface area contributed by atoms with Crippen molar-refractivity contribution in [2.24, 2.45) is 0 Å². The van der Waals surface area contributed by atoms with Crippen LogP contribution in [0.3, 0.4) is 0 Å². The molecule has 1 aromatic rings. The monoisotopic (exact) mass is 202 g/mol. The molecule has 1 aromatic carbocycles. The minimum Gasteiger partial charge on any atom is -0.482 e. The lowest BCUT2D eigenvalue weighted by molar-refractivity contribution is -0.117. The highest BCUT2D eigenvalue weighted by Crippen LogP contribution is 2.13. The Hall–Kier alpha value is -1.09. The fourth-order valence-electron chi connectivity index (χ4n) is 0.764. The van der Waals surface area contributed by atoms with Gasteiger partial charge in [0.25, 0.3) is 5.24 Å². The summed E-state index contributed by atoms with van der Waals surface area (Å²) in [6.07, 6.45) is -0.716. The third kappa shape index (κ3) is 3.03. The van der Waals surface area contributed by atoms with Crippen molar-refractivity contribution in [2.45, 2.75) is 13.0 Å². The summed E-state index contributed by atoms with van der Waals surface area (Å²) < 4.78 is 17.5. The fourth-order valence-corrected chi connectivity index (χ4v) is 0.808. The van der Waals surface area contributed by atoms with Crippen LogP contribution in [0.25, 0.3) is 0 Å². The fraction of sp³-hybridized carbons (Fsp3) is 0.222. The highest BCUT2D eigenvalue weighted by atomic mass is 35.5. The molecule has 0 radical (unpaired) electrons. The van der Waals surface area contributed by atoms with Gasteiger partial charge in [0, 0.05) is 0 Å². The number of carbonyl (C=O) groups is 1. The van der Waals surface area contributed by atoms with E-state index in [1.54, 1.807) is 0 Å². The molecule has 2 nitrogen and oxygen atoms in total. The van der Waals surface area contributed by atoms with E-state index in [1.807, 2.05) is 0 Å². The topological polar surface area (TPSA) is 26.3 Å². The van der Waals surface area contributed by atoms with E-state index in [0.717, 1.165) is 0 Å². The lowest BCUT2D eigenvalue weighted by Gasteiger charge is -2.09. The van der Waals surface area contributed by atoms with Crippen LogP contribution in [0, 0.1) is 5.82 Å². The van der Waals surface area contributed by atoms with Crippen LogP contribution in [0.4, 0.5) is 4.39 Å². The van der Waals surface area contributed by atoms with Crippen LogP contribution in [-0.2, 0) is 4.79 Å². The molecule has 0 aliphatic rings. The first-order chi connectivity index (χ1) is 6.09. The predicted octanol–water partition coefficient (Wildman–Crippen LogP) is 2.36. The van der Waals surface area contributed by atoms with E-state index in [4.69, 9.17) is 16.3 Å². The van der Waals surface area contributed by atoms with Crippen LogP contribution < -0.4 is 4.74 Å². The average Bonchev–Trinajstić information content (AvgIpc) is 2.08. The molecule has 0 aliphatic heterocycles. The van der Waals surface area contributed by atoms with Gasteiger partial charge in [-0.05, 0) is 42.8 Å². The molecular formula is C9H8ClFO2. The minimum absolute atomic E-state index is 0.350. The number of carbonyl (C=O) groups excluding carboxylic acids is 1. The van der Waals surface area contributed by atoms with Gasteiger partial charge >= 0.3 is 0 Å². The molecule has 1 atom stereocenters. The zero-order valence-electron chi connectivity index (χ0n) is 6.96. The summed E-state index contributed by atoms with van der Waals surface area (Å²) >= 11 is 5.17. The molecule has 0 saturated heterocycles. The molecular weight excluding hydrogens is 195 g/mol. The van der Waals surface area contributed by atoms with Crippen molar-refractivity contribution in [3.05, 3.63) is 30.1 Å². The number of halogens is 2. The van der Waals surface area contributed by atoms with Crippen molar-refractivity contribution in [3.63, 3.8) is 0 Å². The van der Waals surface area contributed by atoms with Crippen LogP contribution in [0.2, 0.25) is 0 Å². The van der Waals surface area contributed by atoms with Crippen LogP contribution in [0.1, 0.15) is 6.92 Å². The maximum Gasteiger partial charge on any atom is 0.262 e. The number of hydrogen-bond donors (Lipinski definition) is 0. The van der Waals surface area contributed by atoms with Crippen molar-refractivity contribution in [2.75, 3.05) is 0 Å². The highest BCUT2D eigenvalue weighted by Gasteiger charge is 2.10. The van der Waals surface area contributed by atoms with Gasteiger partial charge in [0.1, 0.15) is 11.6 Å². The Morgan fingerprint density at radius 2 is 2.00 bits per heavy atom. The zero-order chi connectivity index (χ0) is 9.84. The molecule has 0 bridgehead atoms. The molecule has 0 heterocycles. The summed E-state index contributed by atoms with van der Waals surface area (Å²) in [4.78, 5) is 10.6. The Bertz CT molecular complexity index is 297. The largest absolute Gasteiger partial charge is 0.482 e. The molecule has 0 unspecified atom stereocenters. The average molecular weight is 203 g/mol. The summed E-state index contributed by atoms with van der Waals surface area (Å²) in [7, 11) is 0. The molecule has 0 spiro atoms. The first-order valence-corrected chi connectivity index (χ1v) is 4.09. The van der Waals surface area contributed by atoms with E-state index in [-0.39, 0.29) is 5.82 Å². The van der Waals surface area contributed by atoms with Gasteiger partial charge in [-0.1, -0.05) is 0 Å². The summed E-state index contributed by atoms with van der Waals surface area (Å²) in [6.45, 7) is 1.53. The molecule has 0 amide bonds. The van der Waals surface area contributed by atoms with Gasteiger partial charge in [-0.25, -0.2) is 4.39 Å². The summed E-state index contributed by atoms with van der Waals surface area (Å²) in [5.41, 5.74) is 0. The lowest BCUT2D eigenvalue weighted by Crippen LogP contribution is -2.18. The second-order valence-corrected chi connectivity index (χ2v) is 2.89. The Kier molecular flexibility index (Phi) is 3.25. The number of ether oxygens (including phenoxy) is 1. The number of hydrogen-bond acceptors (Lipinski definition) is 2. The number of rotatable bonds is 3. The lowest BCUT2D eigenvalue weighted by atomic mass is 10.3. The normalized spacial score (nSPS) is 12.2. The quantitative estimate of drug-likeness (QED) is 0.704. The molecule has 13 heavy (non-hydrogen) atoms. The van der Waals surface area contributed by atoms with Crippen LogP contribution in [-0.4, -0.2) is 11.3 Å². The van der Waals surface area contributed by atoms with Crippen molar-refractivity contribution < 1.29 is 13.9 Å². The van der Waals surface area contributed by atoms with Gasteiger partial charge in [0.2, 0.25) is 0 Å². The second kappa shape index (κ2) is 4.23. The predicted molar refractivity (Wildman–Crippen MR) is 47.4 cm³/mol. The van der Waals surface area contributed by atoms with Crippen molar-refractivity contribution in [1.82, 2.24) is 0 Å². The van der Waals surface area contributed by atoms with E-state index < -0.39 is 11.3 Å². The number of benzene rings is 1. The van der Waals surface area contributed by atoms with E-state index in [2.05, 4.69) is 0 Å². The molecule has 0 aromatic heterocycles.